The van der Waals surface area contributed by atoms with Crippen molar-refractivity contribution in [3.8, 4) is 0 Å². The lowest BCUT2D eigenvalue weighted by atomic mass is 10.1. The summed E-state index contributed by atoms with van der Waals surface area (Å²) in [7, 11) is 1.34. The topological polar surface area (TPSA) is 49.9 Å². The molecule has 0 radical (unpaired) electrons. The first-order valence-electron chi connectivity index (χ1n) is 7.28. The van der Waals surface area contributed by atoms with Crippen molar-refractivity contribution in [1.29, 1.82) is 0 Å². The maximum atomic E-state index is 12.3. The maximum Gasteiger partial charge on any atom is 0.318 e. The molecule has 1 amide bonds. The van der Waals surface area contributed by atoms with Gasteiger partial charge in [0.2, 0.25) is 5.91 Å². The Morgan fingerprint density at radius 3 is 2.53 bits per heavy atom. The van der Waals surface area contributed by atoms with Crippen molar-refractivity contribution in [2.24, 2.45) is 5.92 Å². The molecule has 0 aromatic carbocycles. The average molecular weight is 268 g/mol. The molecule has 0 bridgehead atoms. The number of rotatable bonds is 4. The Morgan fingerprint density at radius 1 is 1.26 bits per heavy atom. The minimum absolute atomic E-state index is 0.0592. The predicted molar refractivity (Wildman–Crippen MR) is 71.6 cm³/mol. The molecule has 0 N–H and O–H groups in total. The van der Waals surface area contributed by atoms with E-state index in [2.05, 4.69) is 4.90 Å². The monoisotopic (exact) mass is 268 g/mol. The summed E-state index contributed by atoms with van der Waals surface area (Å²) in [5.74, 6) is -1.09. The molecule has 108 valence electrons. The number of nitrogens with zero attached hydrogens (tertiary/aromatic N) is 2. The molecule has 0 aliphatic carbocycles. The lowest BCUT2D eigenvalue weighted by molar-refractivity contribution is -0.153. The molecule has 2 fully saturated rings. The van der Waals surface area contributed by atoms with Crippen molar-refractivity contribution in [3.05, 3.63) is 0 Å². The fourth-order valence-corrected chi connectivity index (χ4v) is 3.15. The van der Waals surface area contributed by atoms with E-state index in [1.807, 2.05) is 11.8 Å². The third-order valence-corrected chi connectivity index (χ3v) is 4.32. The van der Waals surface area contributed by atoms with Gasteiger partial charge in [-0.3, -0.25) is 14.5 Å². The Hall–Kier alpha value is -1.10. The van der Waals surface area contributed by atoms with Crippen LogP contribution in [-0.2, 0) is 14.3 Å². The molecule has 2 atom stereocenters. The molecule has 0 spiro atoms. The van der Waals surface area contributed by atoms with E-state index >= 15 is 0 Å². The van der Waals surface area contributed by atoms with Crippen LogP contribution >= 0.6 is 0 Å². The smallest absolute Gasteiger partial charge is 0.318 e. The molecule has 5 heteroatoms. The highest BCUT2D eigenvalue weighted by molar-refractivity contribution is 5.97. The van der Waals surface area contributed by atoms with Gasteiger partial charge in [0.1, 0.15) is 5.92 Å². The number of hydrogen-bond donors (Lipinski definition) is 0. The van der Waals surface area contributed by atoms with Gasteiger partial charge in [0.25, 0.3) is 0 Å². The van der Waals surface area contributed by atoms with E-state index in [4.69, 9.17) is 4.74 Å². The van der Waals surface area contributed by atoms with Crippen LogP contribution in [0.25, 0.3) is 0 Å². The average Bonchev–Trinajstić information content (AvgIpc) is 3.09. The molecule has 19 heavy (non-hydrogen) atoms. The van der Waals surface area contributed by atoms with Crippen LogP contribution in [0.4, 0.5) is 0 Å². The van der Waals surface area contributed by atoms with E-state index in [0.717, 1.165) is 32.6 Å². The Balaban J connectivity index is 1.91. The van der Waals surface area contributed by atoms with Crippen LogP contribution in [0.3, 0.4) is 0 Å². The normalized spacial score (nSPS) is 25.6. The van der Waals surface area contributed by atoms with Crippen molar-refractivity contribution in [3.63, 3.8) is 0 Å². The highest BCUT2D eigenvalue weighted by Crippen LogP contribution is 2.22. The zero-order valence-electron chi connectivity index (χ0n) is 11.9. The van der Waals surface area contributed by atoms with Crippen molar-refractivity contribution in [2.45, 2.75) is 38.6 Å². The molecule has 2 saturated heterocycles. The first-order valence-corrected chi connectivity index (χ1v) is 7.28. The van der Waals surface area contributed by atoms with Gasteiger partial charge in [-0.05, 0) is 38.8 Å². The fourth-order valence-electron chi connectivity index (χ4n) is 3.15. The minimum Gasteiger partial charge on any atom is -0.468 e. The first-order chi connectivity index (χ1) is 9.17. The van der Waals surface area contributed by atoms with Crippen LogP contribution in [-0.4, -0.2) is 61.0 Å². The van der Waals surface area contributed by atoms with Gasteiger partial charge < -0.3 is 9.64 Å². The van der Waals surface area contributed by atoms with E-state index in [9.17, 15) is 9.59 Å². The number of carbonyl (C=O) groups is 2. The number of carbonyl (C=O) groups excluding carboxylic acids is 2. The SMILES string of the molecule is CC[C@H](C(=O)OC)C(=O)N1CC[C@@H](N2CCCC2)C1. The molecular weight excluding hydrogens is 244 g/mol. The van der Waals surface area contributed by atoms with E-state index in [0.29, 0.717) is 12.5 Å². The second-order valence-corrected chi connectivity index (χ2v) is 5.45. The standard InChI is InChI=1S/C14H24N2O3/c1-3-12(14(18)19-2)13(17)16-9-6-11(10-16)15-7-4-5-8-15/h11-12H,3-10H2,1-2H3/t11-,12+/m1/s1. The largest absolute Gasteiger partial charge is 0.468 e. The molecular formula is C14H24N2O3. The summed E-state index contributed by atoms with van der Waals surface area (Å²) in [5.41, 5.74) is 0. The molecule has 0 unspecified atom stereocenters. The van der Waals surface area contributed by atoms with Gasteiger partial charge in [-0.25, -0.2) is 0 Å². The Labute approximate surface area is 114 Å². The van der Waals surface area contributed by atoms with Crippen LogP contribution in [0, 0.1) is 5.92 Å². The number of hydrogen-bond acceptors (Lipinski definition) is 4. The van der Waals surface area contributed by atoms with Crippen molar-refractivity contribution < 1.29 is 14.3 Å². The lowest BCUT2D eigenvalue weighted by Crippen LogP contribution is -2.41. The summed E-state index contributed by atoms with van der Waals surface area (Å²) in [4.78, 5) is 28.3. The molecule has 2 aliphatic heterocycles. The van der Waals surface area contributed by atoms with Crippen LogP contribution in [0.5, 0.6) is 0 Å². The molecule has 2 aliphatic rings. The third-order valence-electron chi connectivity index (χ3n) is 4.32. The van der Waals surface area contributed by atoms with E-state index in [1.165, 1.54) is 20.0 Å². The van der Waals surface area contributed by atoms with Crippen LogP contribution in [0.1, 0.15) is 32.6 Å². The lowest BCUT2D eigenvalue weighted by Gasteiger charge is -2.25. The molecule has 2 heterocycles. The quantitative estimate of drug-likeness (QED) is 0.561. The molecule has 5 nitrogen and oxygen atoms in total. The van der Waals surface area contributed by atoms with E-state index < -0.39 is 11.9 Å². The highest BCUT2D eigenvalue weighted by Gasteiger charge is 2.36. The Kier molecular flexibility index (Phi) is 4.80. The van der Waals surface area contributed by atoms with Crippen molar-refractivity contribution >= 4 is 11.9 Å². The molecule has 0 aromatic rings. The van der Waals surface area contributed by atoms with Gasteiger partial charge in [-0.1, -0.05) is 6.92 Å². The molecule has 2 rings (SSSR count). The second kappa shape index (κ2) is 6.37. The zero-order chi connectivity index (χ0) is 13.8. The van der Waals surface area contributed by atoms with Gasteiger partial charge in [0.05, 0.1) is 7.11 Å². The van der Waals surface area contributed by atoms with Gasteiger partial charge in [-0.15, -0.1) is 0 Å². The third kappa shape index (κ3) is 3.08. The van der Waals surface area contributed by atoms with Crippen molar-refractivity contribution in [2.75, 3.05) is 33.3 Å². The van der Waals surface area contributed by atoms with Gasteiger partial charge in [-0.2, -0.15) is 0 Å². The van der Waals surface area contributed by atoms with Gasteiger partial charge >= 0.3 is 5.97 Å². The van der Waals surface area contributed by atoms with E-state index in [-0.39, 0.29) is 5.91 Å². The summed E-state index contributed by atoms with van der Waals surface area (Å²) in [6, 6.07) is 0.488. The van der Waals surface area contributed by atoms with Gasteiger partial charge in [0, 0.05) is 19.1 Å². The summed E-state index contributed by atoms with van der Waals surface area (Å²) in [6.07, 6.45) is 4.08. The highest BCUT2D eigenvalue weighted by atomic mass is 16.5. The number of ether oxygens (including phenoxy) is 1. The maximum absolute atomic E-state index is 12.3. The van der Waals surface area contributed by atoms with Crippen LogP contribution in [0.15, 0.2) is 0 Å². The molecule has 0 saturated carbocycles. The summed E-state index contributed by atoms with van der Waals surface area (Å²) in [6.45, 7) is 5.70. The van der Waals surface area contributed by atoms with Crippen LogP contribution < -0.4 is 0 Å². The molecule has 0 aromatic heterocycles. The van der Waals surface area contributed by atoms with E-state index in [1.54, 1.807) is 0 Å². The Bertz CT molecular complexity index is 340. The Morgan fingerprint density at radius 2 is 1.95 bits per heavy atom. The van der Waals surface area contributed by atoms with Gasteiger partial charge in [0.15, 0.2) is 0 Å². The first kappa shape index (κ1) is 14.3. The zero-order valence-corrected chi connectivity index (χ0v) is 11.9. The summed E-state index contributed by atoms with van der Waals surface area (Å²) in [5, 5.41) is 0. The predicted octanol–water partition coefficient (Wildman–Crippen LogP) is 0.882. The van der Waals surface area contributed by atoms with Crippen LogP contribution in [0.2, 0.25) is 0 Å². The summed E-state index contributed by atoms with van der Waals surface area (Å²) >= 11 is 0. The number of esters is 1. The number of likely N-dealkylation sites (tertiary alicyclic amines) is 2. The minimum atomic E-state index is -0.623. The second-order valence-electron chi connectivity index (χ2n) is 5.45. The summed E-state index contributed by atoms with van der Waals surface area (Å²) < 4.78 is 4.71. The number of methoxy groups -OCH3 is 1. The fraction of sp³-hybridized carbons (Fsp3) is 0.857. The van der Waals surface area contributed by atoms with Crippen molar-refractivity contribution in [1.82, 2.24) is 9.80 Å². The number of amides is 1.